The molecule has 0 unspecified atom stereocenters. The lowest BCUT2D eigenvalue weighted by Crippen LogP contribution is -2.41. The molecule has 21 heavy (non-hydrogen) atoms. The van der Waals surface area contributed by atoms with Gasteiger partial charge in [0.15, 0.2) is 0 Å². The van der Waals surface area contributed by atoms with Crippen LogP contribution in [0.2, 0.25) is 0 Å². The second-order valence-corrected chi connectivity index (χ2v) is 7.74. The lowest BCUT2D eigenvalue weighted by atomic mass is 10.1. The molecule has 0 aromatic rings. The molecule has 1 saturated carbocycles. The summed E-state index contributed by atoms with van der Waals surface area (Å²) in [6, 6.07) is -0.617. The third-order valence-electron chi connectivity index (χ3n) is 2.22. The standard InChI is InChI=1S/C7H14N2O3S.C5H11NO2/c1-2-5-8-7(10)9-13(11,12)6-3-4-6;1-5(2,3)6-4(7)8/h6H,2-5H2,1H3,(H2,8,9,10);6H,1-3H3,(H,7,8). The minimum atomic E-state index is -3.38. The Morgan fingerprint density at radius 1 is 1.24 bits per heavy atom. The zero-order chi connectivity index (χ0) is 16.7. The van der Waals surface area contributed by atoms with Crippen LogP contribution in [0.25, 0.3) is 0 Å². The average Bonchev–Trinajstić information content (AvgIpc) is 3.06. The zero-order valence-electron chi connectivity index (χ0n) is 12.9. The first-order valence-corrected chi connectivity index (χ1v) is 8.33. The van der Waals surface area contributed by atoms with Gasteiger partial charge in [0.2, 0.25) is 10.0 Å². The average molecular weight is 323 g/mol. The van der Waals surface area contributed by atoms with Crippen molar-refractivity contribution in [2.24, 2.45) is 0 Å². The zero-order valence-corrected chi connectivity index (χ0v) is 13.7. The van der Waals surface area contributed by atoms with Gasteiger partial charge < -0.3 is 15.7 Å². The Hall–Kier alpha value is -1.51. The summed E-state index contributed by atoms with van der Waals surface area (Å²) >= 11 is 0. The van der Waals surface area contributed by atoms with E-state index in [1.54, 1.807) is 20.8 Å². The highest BCUT2D eigenvalue weighted by molar-refractivity contribution is 7.90. The summed E-state index contributed by atoms with van der Waals surface area (Å²) in [5, 5.41) is 12.5. The Morgan fingerprint density at radius 3 is 2.05 bits per heavy atom. The van der Waals surface area contributed by atoms with Crippen LogP contribution < -0.4 is 15.4 Å². The van der Waals surface area contributed by atoms with Crippen molar-refractivity contribution in [1.29, 1.82) is 0 Å². The number of carbonyl (C=O) groups excluding carboxylic acids is 1. The van der Waals surface area contributed by atoms with E-state index in [1.807, 2.05) is 11.6 Å². The van der Waals surface area contributed by atoms with Crippen LogP contribution in [0, 0.1) is 0 Å². The molecule has 0 aliphatic heterocycles. The molecule has 1 aliphatic rings. The first kappa shape index (κ1) is 19.5. The highest BCUT2D eigenvalue weighted by atomic mass is 32.2. The van der Waals surface area contributed by atoms with Crippen LogP contribution in [0.5, 0.6) is 0 Å². The molecule has 124 valence electrons. The van der Waals surface area contributed by atoms with E-state index in [9.17, 15) is 18.0 Å². The second kappa shape index (κ2) is 8.06. The van der Waals surface area contributed by atoms with Gasteiger partial charge in [-0.1, -0.05) is 6.92 Å². The summed E-state index contributed by atoms with van der Waals surface area (Å²) in [6.45, 7) is 7.77. The van der Waals surface area contributed by atoms with E-state index in [0.29, 0.717) is 19.4 Å². The SMILES string of the molecule is CC(C)(C)NC(=O)O.CCCNC(=O)NS(=O)(=O)C1CC1. The quantitative estimate of drug-likeness (QED) is 0.619. The van der Waals surface area contributed by atoms with Crippen LogP contribution in [0.1, 0.15) is 47.0 Å². The van der Waals surface area contributed by atoms with Gasteiger partial charge in [0.1, 0.15) is 0 Å². The molecule has 0 aromatic heterocycles. The second-order valence-electron chi connectivity index (χ2n) is 5.78. The highest BCUT2D eigenvalue weighted by Crippen LogP contribution is 2.27. The van der Waals surface area contributed by atoms with Gasteiger partial charge in [-0.05, 0) is 40.0 Å². The fourth-order valence-corrected chi connectivity index (χ4v) is 2.44. The van der Waals surface area contributed by atoms with Gasteiger partial charge >= 0.3 is 12.1 Å². The summed E-state index contributed by atoms with van der Waals surface area (Å²) in [5.74, 6) is 0. The van der Waals surface area contributed by atoms with Gasteiger partial charge in [-0.3, -0.25) is 0 Å². The molecule has 3 amide bonds. The van der Waals surface area contributed by atoms with Crippen LogP contribution in [0.3, 0.4) is 0 Å². The number of hydrogen-bond donors (Lipinski definition) is 4. The first-order chi connectivity index (χ1) is 9.48. The molecule has 1 rings (SSSR count). The maximum Gasteiger partial charge on any atom is 0.405 e. The minimum Gasteiger partial charge on any atom is -0.465 e. The Labute approximate surface area is 125 Å². The van der Waals surface area contributed by atoms with Gasteiger partial charge in [-0.2, -0.15) is 0 Å². The maximum absolute atomic E-state index is 11.2. The van der Waals surface area contributed by atoms with E-state index in [4.69, 9.17) is 5.11 Å². The number of urea groups is 1. The maximum atomic E-state index is 11.2. The molecule has 0 saturated heterocycles. The largest absolute Gasteiger partial charge is 0.465 e. The van der Waals surface area contributed by atoms with Gasteiger partial charge in [0, 0.05) is 12.1 Å². The number of nitrogens with one attached hydrogen (secondary N) is 3. The van der Waals surface area contributed by atoms with Gasteiger partial charge in [0.05, 0.1) is 5.25 Å². The van der Waals surface area contributed by atoms with Crippen molar-refractivity contribution >= 4 is 22.1 Å². The Morgan fingerprint density at radius 2 is 1.76 bits per heavy atom. The van der Waals surface area contributed by atoms with E-state index in [2.05, 4.69) is 10.6 Å². The van der Waals surface area contributed by atoms with Crippen LogP contribution in [0.15, 0.2) is 0 Å². The minimum absolute atomic E-state index is 0.328. The molecule has 0 heterocycles. The van der Waals surface area contributed by atoms with E-state index < -0.39 is 22.1 Å². The first-order valence-electron chi connectivity index (χ1n) is 6.78. The predicted molar refractivity (Wildman–Crippen MR) is 79.7 cm³/mol. The van der Waals surface area contributed by atoms with Crippen LogP contribution in [0.4, 0.5) is 9.59 Å². The molecular formula is C12H25N3O5S. The summed E-state index contributed by atoms with van der Waals surface area (Å²) in [4.78, 5) is 20.9. The molecule has 1 fully saturated rings. The molecule has 1 aliphatic carbocycles. The van der Waals surface area contributed by atoms with Crippen molar-refractivity contribution in [3.05, 3.63) is 0 Å². The molecule has 0 spiro atoms. The molecular weight excluding hydrogens is 298 g/mol. The molecule has 4 N–H and O–H groups in total. The number of hydrogen-bond acceptors (Lipinski definition) is 4. The van der Waals surface area contributed by atoms with E-state index >= 15 is 0 Å². The number of sulfonamides is 1. The Kier molecular flexibility index (Phi) is 7.48. The Bertz CT molecular complexity index is 452. The predicted octanol–water partition coefficient (Wildman–Crippen LogP) is 1.24. The third kappa shape index (κ3) is 10.9. The highest BCUT2D eigenvalue weighted by Gasteiger charge is 2.36. The number of carbonyl (C=O) groups is 2. The smallest absolute Gasteiger partial charge is 0.405 e. The topological polar surface area (TPSA) is 125 Å². The van der Waals surface area contributed by atoms with Gasteiger partial charge in [-0.15, -0.1) is 0 Å². The lowest BCUT2D eigenvalue weighted by Gasteiger charge is -2.16. The molecule has 9 heteroatoms. The van der Waals surface area contributed by atoms with E-state index in [-0.39, 0.29) is 10.8 Å². The summed E-state index contributed by atoms with van der Waals surface area (Å²) in [6.07, 6.45) is 1.14. The number of carboxylic acid groups (broad SMARTS) is 1. The van der Waals surface area contributed by atoms with E-state index in [0.717, 1.165) is 6.42 Å². The molecule has 0 aromatic carbocycles. The fourth-order valence-electron chi connectivity index (χ4n) is 1.19. The summed E-state index contributed by atoms with van der Waals surface area (Å²) in [5.41, 5.74) is -0.328. The van der Waals surface area contributed by atoms with Crippen LogP contribution in [-0.2, 0) is 10.0 Å². The fraction of sp³-hybridized carbons (Fsp3) is 0.833. The summed E-state index contributed by atoms with van der Waals surface area (Å²) < 4.78 is 24.4. The van der Waals surface area contributed by atoms with Crippen molar-refractivity contribution in [1.82, 2.24) is 15.4 Å². The molecule has 0 bridgehead atoms. The summed E-state index contributed by atoms with van der Waals surface area (Å²) in [7, 11) is -3.38. The normalized spacial score (nSPS) is 14.5. The van der Waals surface area contributed by atoms with Gasteiger partial charge in [-0.25, -0.2) is 22.7 Å². The van der Waals surface area contributed by atoms with Gasteiger partial charge in [0.25, 0.3) is 0 Å². The van der Waals surface area contributed by atoms with Crippen molar-refractivity contribution in [2.45, 2.75) is 57.7 Å². The van der Waals surface area contributed by atoms with Crippen molar-refractivity contribution in [2.75, 3.05) is 6.54 Å². The van der Waals surface area contributed by atoms with Crippen LogP contribution in [-0.4, -0.2) is 43.0 Å². The van der Waals surface area contributed by atoms with Crippen molar-refractivity contribution in [3.63, 3.8) is 0 Å². The van der Waals surface area contributed by atoms with Crippen LogP contribution >= 0.6 is 0 Å². The third-order valence-corrected chi connectivity index (χ3v) is 4.03. The molecule has 0 atom stereocenters. The number of amides is 3. The van der Waals surface area contributed by atoms with Crippen molar-refractivity contribution in [3.8, 4) is 0 Å². The molecule has 8 nitrogen and oxygen atoms in total. The van der Waals surface area contributed by atoms with E-state index in [1.165, 1.54) is 0 Å². The Balaban J connectivity index is 0.000000433. The lowest BCUT2D eigenvalue weighted by molar-refractivity contribution is 0.184. The van der Waals surface area contributed by atoms with Crippen molar-refractivity contribution < 1.29 is 23.1 Å². The molecule has 0 radical (unpaired) electrons. The monoisotopic (exact) mass is 323 g/mol. The number of rotatable bonds is 4.